The summed E-state index contributed by atoms with van der Waals surface area (Å²) in [6, 6.07) is 0. The summed E-state index contributed by atoms with van der Waals surface area (Å²) in [6.07, 6.45) is 0. The minimum atomic E-state index is 0.586. The monoisotopic (exact) mass is 277 g/mol. The Labute approximate surface area is 110 Å². The molecule has 1 aromatic rings. The van der Waals surface area contributed by atoms with Crippen LogP contribution in [0.25, 0.3) is 0 Å². The summed E-state index contributed by atoms with van der Waals surface area (Å²) < 4.78 is 6.67. The Kier molecular flexibility index (Phi) is 7.18. The van der Waals surface area contributed by atoms with Gasteiger partial charge in [0.2, 0.25) is 5.16 Å². The standard InChI is InChI=1S/C9H16ClN5OS/c1-8(10)7-17-9-12-13-14-15(9)5-3-11-4-6-16-2/h11H,1,3-7H2,2H3. The van der Waals surface area contributed by atoms with Crippen LogP contribution >= 0.6 is 23.4 Å². The summed E-state index contributed by atoms with van der Waals surface area (Å²) in [5.74, 6) is 0.610. The van der Waals surface area contributed by atoms with Gasteiger partial charge in [-0.2, -0.15) is 0 Å². The number of aromatic nitrogens is 4. The van der Waals surface area contributed by atoms with Crippen LogP contribution in [-0.4, -0.2) is 52.8 Å². The summed E-state index contributed by atoms with van der Waals surface area (Å²) in [7, 11) is 1.68. The third-order valence-electron chi connectivity index (χ3n) is 1.84. The molecule has 0 aliphatic heterocycles. The van der Waals surface area contributed by atoms with Gasteiger partial charge in [-0.05, 0) is 10.4 Å². The lowest BCUT2D eigenvalue weighted by atomic mass is 10.6. The van der Waals surface area contributed by atoms with Crippen molar-refractivity contribution in [2.24, 2.45) is 0 Å². The second kappa shape index (κ2) is 8.46. The van der Waals surface area contributed by atoms with Gasteiger partial charge in [0.15, 0.2) is 0 Å². The molecule has 0 atom stereocenters. The molecule has 0 radical (unpaired) electrons. The van der Waals surface area contributed by atoms with E-state index in [1.165, 1.54) is 11.8 Å². The summed E-state index contributed by atoms with van der Waals surface area (Å²) >= 11 is 7.16. The lowest BCUT2D eigenvalue weighted by Gasteiger charge is -2.05. The van der Waals surface area contributed by atoms with Gasteiger partial charge in [0.25, 0.3) is 0 Å². The molecule has 1 heterocycles. The number of thioether (sulfide) groups is 1. The van der Waals surface area contributed by atoms with Crippen molar-refractivity contribution < 1.29 is 4.74 Å². The highest BCUT2D eigenvalue weighted by Gasteiger charge is 2.06. The number of halogens is 1. The van der Waals surface area contributed by atoms with Gasteiger partial charge in [0.1, 0.15) is 0 Å². The average molecular weight is 278 g/mol. The summed E-state index contributed by atoms with van der Waals surface area (Å²) in [6.45, 7) is 6.65. The van der Waals surface area contributed by atoms with Crippen molar-refractivity contribution in [1.82, 2.24) is 25.5 Å². The van der Waals surface area contributed by atoms with Gasteiger partial charge in [-0.15, -0.1) is 5.10 Å². The fourth-order valence-corrected chi connectivity index (χ4v) is 1.89. The molecule has 0 amide bonds. The first-order chi connectivity index (χ1) is 8.24. The zero-order valence-electron chi connectivity index (χ0n) is 9.73. The minimum Gasteiger partial charge on any atom is -0.383 e. The van der Waals surface area contributed by atoms with Crippen LogP contribution in [0.15, 0.2) is 16.8 Å². The third kappa shape index (κ3) is 6.02. The topological polar surface area (TPSA) is 64.9 Å². The Morgan fingerprint density at radius 3 is 3.12 bits per heavy atom. The Balaban J connectivity index is 2.27. The molecule has 0 spiro atoms. The quantitative estimate of drug-likeness (QED) is 0.531. The molecule has 1 rings (SSSR count). The Morgan fingerprint density at radius 2 is 2.41 bits per heavy atom. The molecule has 0 aliphatic rings. The maximum absolute atomic E-state index is 5.69. The number of nitrogens with one attached hydrogen (secondary N) is 1. The first-order valence-electron chi connectivity index (χ1n) is 5.16. The summed E-state index contributed by atoms with van der Waals surface area (Å²) in [4.78, 5) is 0. The van der Waals surface area contributed by atoms with E-state index < -0.39 is 0 Å². The molecule has 1 aromatic heterocycles. The maximum atomic E-state index is 5.69. The number of ether oxygens (including phenoxy) is 1. The minimum absolute atomic E-state index is 0.586. The molecule has 0 saturated heterocycles. The first-order valence-corrected chi connectivity index (χ1v) is 6.52. The van der Waals surface area contributed by atoms with Crippen LogP contribution < -0.4 is 5.32 Å². The molecule has 17 heavy (non-hydrogen) atoms. The van der Waals surface area contributed by atoms with Crippen LogP contribution in [0.4, 0.5) is 0 Å². The van der Waals surface area contributed by atoms with Crippen LogP contribution in [-0.2, 0) is 11.3 Å². The van der Waals surface area contributed by atoms with E-state index in [9.17, 15) is 0 Å². The predicted octanol–water partition coefficient (Wildman–Crippen LogP) is 0.754. The highest BCUT2D eigenvalue weighted by molar-refractivity contribution is 7.99. The van der Waals surface area contributed by atoms with Crippen molar-refractivity contribution in [3.05, 3.63) is 11.6 Å². The van der Waals surface area contributed by atoms with Crippen LogP contribution in [0.2, 0.25) is 0 Å². The van der Waals surface area contributed by atoms with Crippen LogP contribution in [0, 0.1) is 0 Å². The smallest absolute Gasteiger partial charge is 0.209 e. The molecular weight excluding hydrogens is 262 g/mol. The average Bonchev–Trinajstić information content (AvgIpc) is 2.73. The van der Waals surface area contributed by atoms with Gasteiger partial charge >= 0.3 is 0 Å². The summed E-state index contributed by atoms with van der Waals surface area (Å²) in [5.41, 5.74) is 0. The van der Waals surface area contributed by atoms with Gasteiger partial charge in [0, 0.05) is 31.0 Å². The van der Waals surface area contributed by atoms with Crippen molar-refractivity contribution in [3.63, 3.8) is 0 Å². The zero-order chi connectivity index (χ0) is 12.5. The predicted molar refractivity (Wildman–Crippen MR) is 68.3 cm³/mol. The van der Waals surface area contributed by atoms with E-state index in [0.717, 1.165) is 18.2 Å². The van der Waals surface area contributed by atoms with Crippen molar-refractivity contribution >= 4 is 23.4 Å². The van der Waals surface area contributed by atoms with Gasteiger partial charge in [-0.3, -0.25) is 0 Å². The molecule has 6 nitrogen and oxygen atoms in total. The van der Waals surface area contributed by atoms with Gasteiger partial charge < -0.3 is 10.1 Å². The number of tetrazole rings is 1. The maximum Gasteiger partial charge on any atom is 0.209 e. The molecule has 0 unspecified atom stereocenters. The molecule has 1 N–H and O–H groups in total. The van der Waals surface area contributed by atoms with Crippen molar-refractivity contribution in [2.45, 2.75) is 11.7 Å². The third-order valence-corrected chi connectivity index (χ3v) is 3.18. The highest BCUT2D eigenvalue weighted by Crippen LogP contribution is 2.17. The molecule has 0 aromatic carbocycles. The molecule has 96 valence electrons. The molecule has 0 aliphatic carbocycles. The molecular formula is C9H16ClN5OS. The normalized spacial score (nSPS) is 10.7. The SMILES string of the molecule is C=C(Cl)CSc1nnnn1CCNCCOC. The lowest BCUT2D eigenvalue weighted by Crippen LogP contribution is -2.24. The molecule has 0 saturated carbocycles. The Bertz CT molecular complexity index is 346. The fourth-order valence-electron chi connectivity index (χ4n) is 1.07. The van der Waals surface area contributed by atoms with E-state index in [-0.39, 0.29) is 0 Å². The fraction of sp³-hybridized carbons (Fsp3) is 0.667. The number of methoxy groups -OCH3 is 1. The van der Waals surface area contributed by atoms with Gasteiger partial charge in [-0.1, -0.05) is 29.9 Å². The van der Waals surface area contributed by atoms with E-state index in [2.05, 4.69) is 27.4 Å². The van der Waals surface area contributed by atoms with E-state index in [4.69, 9.17) is 16.3 Å². The molecule has 0 fully saturated rings. The van der Waals surface area contributed by atoms with E-state index >= 15 is 0 Å². The first kappa shape index (κ1) is 14.4. The van der Waals surface area contributed by atoms with Crippen LogP contribution in [0.5, 0.6) is 0 Å². The molecule has 8 heteroatoms. The number of hydrogen-bond donors (Lipinski definition) is 1. The Hall–Kier alpha value is -0.630. The number of hydrogen-bond acceptors (Lipinski definition) is 6. The second-order valence-corrected chi connectivity index (χ2v) is 4.71. The molecule has 0 bridgehead atoms. The summed E-state index contributed by atoms with van der Waals surface area (Å²) in [5, 5.41) is 16.0. The second-order valence-electron chi connectivity index (χ2n) is 3.23. The Morgan fingerprint density at radius 1 is 1.59 bits per heavy atom. The van der Waals surface area contributed by atoms with Crippen molar-refractivity contribution in [2.75, 3.05) is 32.6 Å². The van der Waals surface area contributed by atoms with Crippen molar-refractivity contribution in [3.8, 4) is 0 Å². The zero-order valence-corrected chi connectivity index (χ0v) is 11.3. The van der Waals surface area contributed by atoms with Crippen LogP contribution in [0.3, 0.4) is 0 Å². The van der Waals surface area contributed by atoms with Crippen molar-refractivity contribution in [1.29, 1.82) is 0 Å². The van der Waals surface area contributed by atoms with E-state index in [0.29, 0.717) is 23.9 Å². The van der Waals surface area contributed by atoms with E-state index in [1.807, 2.05) is 0 Å². The highest BCUT2D eigenvalue weighted by atomic mass is 35.5. The van der Waals surface area contributed by atoms with Crippen LogP contribution in [0.1, 0.15) is 0 Å². The van der Waals surface area contributed by atoms with Gasteiger partial charge in [0.05, 0.1) is 13.2 Å². The van der Waals surface area contributed by atoms with Gasteiger partial charge in [-0.25, -0.2) is 4.68 Å². The number of nitrogens with zero attached hydrogens (tertiary/aromatic N) is 4. The number of rotatable bonds is 9. The van der Waals surface area contributed by atoms with E-state index in [1.54, 1.807) is 11.8 Å². The largest absolute Gasteiger partial charge is 0.383 e. The lowest BCUT2D eigenvalue weighted by molar-refractivity contribution is 0.199.